The summed E-state index contributed by atoms with van der Waals surface area (Å²) in [7, 11) is 0. The van der Waals surface area contributed by atoms with E-state index in [9.17, 15) is 9.59 Å². The van der Waals surface area contributed by atoms with Gasteiger partial charge in [-0.15, -0.1) is 0 Å². The number of carbonyl (C=O) groups excluding carboxylic acids is 1. The zero-order chi connectivity index (χ0) is 13.0. The van der Waals surface area contributed by atoms with Gasteiger partial charge in [0.1, 0.15) is 6.04 Å². The van der Waals surface area contributed by atoms with Crippen molar-refractivity contribution in [1.82, 2.24) is 10.3 Å². The highest BCUT2D eigenvalue weighted by molar-refractivity contribution is 9.10. The molecule has 0 aliphatic heterocycles. The van der Waals surface area contributed by atoms with Crippen LogP contribution in [0.25, 0.3) is 0 Å². The van der Waals surface area contributed by atoms with Crippen molar-refractivity contribution in [2.24, 2.45) is 5.92 Å². The molecule has 0 aromatic carbocycles. The molecule has 1 heterocycles. The van der Waals surface area contributed by atoms with E-state index in [2.05, 4.69) is 26.2 Å². The molecule has 0 aliphatic carbocycles. The van der Waals surface area contributed by atoms with Gasteiger partial charge in [-0.3, -0.25) is 9.78 Å². The topological polar surface area (TPSA) is 79.3 Å². The minimum Gasteiger partial charge on any atom is -0.480 e. The molecular weight excluding hydrogens is 288 g/mol. The molecule has 1 rings (SSSR count). The Labute approximate surface area is 107 Å². The highest BCUT2D eigenvalue weighted by atomic mass is 79.9. The van der Waals surface area contributed by atoms with Gasteiger partial charge in [0.2, 0.25) is 0 Å². The van der Waals surface area contributed by atoms with Crippen LogP contribution in [0.4, 0.5) is 0 Å². The summed E-state index contributed by atoms with van der Waals surface area (Å²) in [5.41, 5.74) is 0.368. The SMILES string of the molecule is CC(C)[C@@H](NC(=O)c1ccncc1Br)C(=O)O. The standard InChI is InChI=1S/C11H13BrN2O3/c1-6(2)9(11(16)17)14-10(15)7-3-4-13-5-8(7)12/h3-6,9H,1-2H3,(H,14,15)(H,16,17)/t9-/m1/s1. The van der Waals surface area contributed by atoms with E-state index in [1.807, 2.05) is 0 Å². The fourth-order valence-electron chi connectivity index (χ4n) is 1.29. The summed E-state index contributed by atoms with van der Waals surface area (Å²) in [4.78, 5) is 26.6. The highest BCUT2D eigenvalue weighted by Crippen LogP contribution is 2.14. The van der Waals surface area contributed by atoms with Crippen molar-refractivity contribution in [3.8, 4) is 0 Å². The number of pyridine rings is 1. The van der Waals surface area contributed by atoms with E-state index >= 15 is 0 Å². The summed E-state index contributed by atoms with van der Waals surface area (Å²) in [6, 6.07) is 0.626. The van der Waals surface area contributed by atoms with Crippen molar-refractivity contribution in [1.29, 1.82) is 0 Å². The van der Waals surface area contributed by atoms with Crippen LogP contribution in [-0.4, -0.2) is 28.0 Å². The molecule has 6 heteroatoms. The Bertz CT molecular complexity index is 434. The van der Waals surface area contributed by atoms with Crippen molar-refractivity contribution in [2.75, 3.05) is 0 Å². The third-order valence-corrected chi connectivity index (χ3v) is 2.87. The van der Waals surface area contributed by atoms with Crippen LogP contribution in [0.2, 0.25) is 0 Å². The number of carboxylic acids is 1. The van der Waals surface area contributed by atoms with Crippen molar-refractivity contribution in [3.63, 3.8) is 0 Å². The highest BCUT2D eigenvalue weighted by Gasteiger charge is 2.24. The van der Waals surface area contributed by atoms with Gasteiger partial charge >= 0.3 is 5.97 Å². The molecule has 5 nitrogen and oxygen atoms in total. The molecule has 1 aromatic heterocycles. The molecular formula is C11H13BrN2O3. The van der Waals surface area contributed by atoms with E-state index in [1.54, 1.807) is 13.8 Å². The van der Waals surface area contributed by atoms with Crippen LogP contribution >= 0.6 is 15.9 Å². The fraction of sp³-hybridized carbons (Fsp3) is 0.364. The van der Waals surface area contributed by atoms with Gasteiger partial charge in [0.05, 0.1) is 5.56 Å². The van der Waals surface area contributed by atoms with Gasteiger partial charge in [0.15, 0.2) is 0 Å². The number of carbonyl (C=O) groups is 2. The number of nitrogens with one attached hydrogen (secondary N) is 1. The first-order valence-electron chi connectivity index (χ1n) is 5.06. The second kappa shape index (κ2) is 5.77. The Hall–Kier alpha value is -1.43. The maximum absolute atomic E-state index is 11.9. The largest absolute Gasteiger partial charge is 0.480 e. The van der Waals surface area contributed by atoms with Crippen LogP contribution in [0.15, 0.2) is 22.9 Å². The number of aromatic nitrogens is 1. The van der Waals surface area contributed by atoms with Gasteiger partial charge in [0.25, 0.3) is 5.91 Å². The summed E-state index contributed by atoms with van der Waals surface area (Å²) in [6.45, 7) is 3.47. The maximum Gasteiger partial charge on any atom is 0.326 e. The lowest BCUT2D eigenvalue weighted by atomic mass is 10.0. The molecule has 1 atom stereocenters. The third-order valence-electron chi connectivity index (χ3n) is 2.24. The second-order valence-electron chi connectivity index (χ2n) is 3.89. The molecule has 0 fully saturated rings. The van der Waals surface area contributed by atoms with Crippen molar-refractivity contribution < 1.29 is 14.7 Å². The monoisotopic (exact) mass is 300 g/mol. The molecule has 1 amide bonds. The number of carboxylic acid groups (broad SMARTS) is 1. The Balaban J connectivity index is 2.85. The molecule has 17 heavy (non-hydrogen) atoms. The van der Waals surface area contributed by atoms with E-state index in [0.717, 1.165) is 0 Å². The number of amides is 1. The first-order valence-corrected chi connectivity index (χ1v) is 5.86. The van der Waals surface area contributed by atoms with Crippen LogP contribution in [0.5, 0.6) is 0 Å². The molecule has 0 unspecified atom stereocenters. The van der Waals surface area contributed by atoms with Gasteiger partial charge in [-0.25, -0.2) is 4.79 Å². The zero-order valence-electron chi connectivity index (χ0n) is 9.48. The lowest BCUT2D eigenvalue weighted by Crippen LogP contribution is -2.44. The van der Waals surface area contributed by atoms with Crippen LogP contribution in [0.3, 0.4) is 0 Å². The van der Waals surface area contributed by atoms with Crippen LogP contribution < -0.4 is 5.32 Å². The molecule has 2 N–H and O–H groups in total. The average molecular weight is 301 g/mol. The average Bonchev–Trinajstić information content (AvgIpc) is 2.25. The number of rotatable bonds is 4. The van der Waals surface area contributed by atoms with E-state index in [-0.39, 0.29) is 5.92 Å². The summed E-state index contributed by atoms with van der Waals surface area (Å²) in [6.07, 6.45) is 2.96. The van der Waals surface area contributed by atoms with E-state index in [1.165, 1.54) is 18.5 Å². The first-order chi connectivity index (χ1) is 7.93. The fourth-order valence-corrected chi connectivity index (χ4v) is 1.72. The Morgan fingerprint density at radius 3 is 2.59 bits per heavy atom. The number of hydrogen-bond donors (Lipinski definition) is 2. The predicted molar refractivity (Wildman–Crippen MR) is 65.7 cm³/mol. The summed E-state index contributed by atoms with van der Waals surface area (Å²) in [5.74, 6) is -1.66. The zero-order valence-corrected chi connectivity index (χ0v) is 11.1. The van der Waals surface area contributed by atoms with E-state index < -0.39 is 17.9 Å². The number of aliphatic carboxylic acids is 1. The number of nitrogens with zero attached hydrogens (tertiary/aromatic N) is 1. The summed E-state index contributed by atoms with van der Waals surface area (Å²) < 4.78 is 0.533. The first kappa shape index (κ1) is 13.6. The van der Waals surface area contributed by atoms with Crippen molar-refractivity contribution in [3.05, 3.63) is 28.5 Å². The van der Waals surface area contributed by atoms with Crippen LogP contribution in [0, 0.1) is 5.92 Å². The van der Waals surface area contributed by atoms with Gasteiger partial charge in [-0.1, -0.05) is 13.8 Å². The normalized spacial score (nSPS) is 12.2. The maximum atomic E-state index is 11.9. The van der Waals surface area contributed by atoms with Crippen LogP contribution in [-0.2, 0) is 4.79 Å². The Morgan fingerprint density at radius 2 is 2.12 bits per heavy atom. The number of halogens is 1. The Kier molecular flexibility index (Phi) is 4.62. The van der Waals surface area contributed by atoms with E-state index in [0.29, 0.717) is 10.0 Å². The molecule has 0 bridgehead atoms. The minimum atomic E-state index is -1.04. The third kappa shape index (κ3) is 3.52. The Morgan fingerprint density at radius 1 is 1.47 bits per heavy atom. The van der Waals surface area contributed by atoms with Gasteiger partial charge < -0.3 is 10.4 Å². The predicted octanol–water partition coefficient (Wildman–Crippen LogP) is 1.68. The van der Waals surface area contributed by atoms with Gasteiger partial charge in [0, 0.05) is 16.9 Å². The lowest BCUT2D eigenvalue weighted by Gasteiger charge is -2.18. The van der Waals surface area contributed by atoms with Gasteiger partial charge in [-0.05, 0) is 27.9 Å². The number of hydrogen-bond acceptors (Lipinski definition) is 3. The summed E-state index contributed by atoms with van der Waals surface area (Å²) in [5, 5.41) is 11.4. The summed E-state index contributed by atoms with van der Waals surface area (Å²) >= 11 is 3.19. The second-order valence-corrected chi connectivity index (χ2v) is 4.74. The quantitative estimate of drug-likeness (QED) is 0.887. The molecule has 0 saturated heterocycles. The van der Waals surface area contributed by atoms with Crippen molar-refractivity contribution >= 4 is 27.8 Å². The smallest absolute Gasteiger partial charge is 0.326 e. The minimum absolute atomic E-state index is 0.183. The molecule has 0 radical (unpaired) electrons. The van der Waals surface area contributed by atoms with E-state index in [4.69, 9.17) is 5.11 Å². The molecule has 92 valence electrons. The van der Waals surface area contributed by atoms with Gasteiger partial charge in [-0.2, -0.15) is 0 Å². The van der Waals surface area contributed by atoms with Crippen molar-refractivity contribution in [2.45, 2.75) is 19.9 Å². The molecule has 1 aromatic rings. The molecule has 0 saturated carbocycles. The lowest BCUT2D eigenvalue weighted by molar-refractivity contribution is -0.140. The molecule has 0 aliphatic rings. The molecule has 0 spiro atoms. The van der Waals surface area contributed by atoms with Crippen LogP contribution in [0.1, 0.15) is 24.2 Å².